The van der Waals surface area contributed by atoms with E-state index in [1.807, 2.05) is 19.9 Å². The monoisotopic (exact) mass is 381 g/mol. The summed E-state index contributed by atoms with van der Waals surface area (Å²) < 4.78 is 46.9. The highest BCUT2D eigenvalue weighted by Gasteiger charge is 2.43. The molecule has 0 aliphatic carbocycles. The first-order chi connectivity index (χ1) is 12.3. The Labute approximate surface area is 153 Å². The van der Waals surface area contributed by atoms with Crippen molar-refractivity contribution in [1.82, 2.24) is 14.4 Å². The van der Waals surface area contributed by atoms with Crippen LogP contribution in [0.15, 0.2) is 34.9 Å². The molecular formula is C18H24FN3O3S. The zero-order valence-electron chi connectivity index (χ0n) is 15.1. The average Bonchev–Trinajstić information content (AvgIpc) is 3.04. The molecule has 0 saturated carbocycles. The van der Waals surface area contributed by atoms with Crippen LogP contribution in [0.25, 0.3) is 0 Å². The summed E-state index contributed by atoms with van der Waals surface area (Å²) >= 11 is 0. The first-order valence-corrected chi connectivity index (χ1v) is 10.4. The molecule has 6 nitrogen and oxygen atoms in total. The Kier molecular flexibility index (Phi) is 5.43. The summed E-state index contributed by atoms with van der Waals surface area (Å²) in [5.41, 5.74) is -1.04. The molecule has 142 valence electrons. The molecule has 26 heavy (non-hydrogen) atoms. The van der Waals surface area contributed by atoms with Crippen LogP contribution >= 0.6 is 0 Å². The first-order valence-electron chi connectivity index (χ1n) is 8.82. The van der Waals surface area contributed by atoms with Gasteiger partial charge in [-0.15, -0.1) is 0 Å². The summed E-state index contributed by atoms with van der Waals surface area (Å²) in [7, 11) is -3.48. The highest BCUT2D eigenvalue weighted by molar-refractivity contribution is 7.88. The zero-order valence-corrected chi connectivity index (χ0v) is 15.9. The maximum Gasteiger partial charge on any atom is 0.264 e. The molecule has 1 fully saturated rings. The van der Waals surface area contributed by atoms with E-state index in [9.17, 15) is 8.42 Å². The van der Waals surface area contributed by atoms with E-state index in [0.717, 1.165) is 5.56 Å². The molecule has 0 N–H and O–H groups in total. The summed E-state index contributed by atoms with van der Waals surface area (Å²) in [6, 6.07) is 8.99. The van der Waals surface area contributed by atoms with Gasteiger partial charge in [0.25, 0.3) is 5.89 Å². The maximum atomic E-state index is 15.2. The molecule has 1 aliphatic heterocycles. The lowest BCUT2D eigenvalue weighted by molar-refractivity contribution is 0.0510. The maximum absolute atomic E-state index is 15.2. The third-order valence-corrected chi connectivity index (χ3v) is 6.39. The molecule has 0 amide bonds. The Balaban J connectivity index is 1.65. The number of sulfonamides is 1. The number of piperidine rings is 1. The molecule has 1 aliphatic rings. The molecule has 0 spiro atoms. The normalized spacial score (nSPS) is 18.3. The second-order valence-electron chi connectivity index (χ2n) is 7.22. The van der Waals surface area contributed by atoms with Gasteiger partial charge in [-0.25, -0.2) is 17.1 Å². The van der Waals surface area contributed by atoms with Gasteiger partial charge in [0.05, 0.1) is 5.75 Å². The fourth-order valence-electron chi connectivity index (χ4n) is 3.09. The Morgan fingerprint density at radius 1 is 1.23 bits per heavy atom. The highest BCUT2D eigenvalue weighted by Crippen LogP contribution is 2.37. The van der Waals surface area contributed by atoms with Gasteiger partial charge in [-0.2, -0.15) is 4.98 Å². The van der Waals surface area contributed by atoms with Crippen LogP contribution in [-0.2, 0) is 27.9 Å². The van der Waals surface area contributed by atoms with Crippen molar-refractivity contribution in [3.63, 3.8) is 0 Å². The molecule has 3 rings (SSSR count). The van der Waals surface area contributed by atoms with Crippen molar-refractivity contribution >= 4 is 10.0 Å². The van der Waals surface area contributed by atoms with Gasteiger partial charge in [0.2, 0.25) is 10.0 Å². The predicted molar refractivity (Wildman–Crippen MR) is 95.5 cm³/mol. The lowest BCUT2D eigenvalue weighted by Crippen LogP contribution is -2.43. The van der Waals surface area contributed by atoms with Gasteiger partial charge in [0, 0.05) is 32.4 Å². The SMILES string of the molecule is CC(C)Cc1noc(C2(F)CCN(S(=O)(=O)Cc3ccccc3)CC2)n1. The number of benzene rings is 1. The average molecular weight is 381 g/mol. The first kappa shape index (κ1) is 19.0. The van der Waals surface area contributed by atoms with Crippen LogP contribution in [0.1, 0.15) is 44.0 Å². The van der Waals surface area contributed by atoms with Gasteiger partial charge in [0.15, 0.2) is 11.5 Å². The Morgan fingerprint density at radius 2 is 1.88 bits per heavy atom. The third kappa shape index (κ3) is 4.29. The van der Waals surface area contributed by atoms with Crippen LogP contribution in [0.2, 0.25) is 0 Å². The van der Waals surface area contributed by atoms with E-state index in [-0.39, 0.29) is 37.6 Å². The van der Waals surface area contributed by atoms with Crippen molar-refractivity contribution in [1.29, 1.82) is 0 Å². The van der Waals surface area contributed by atoms with Crippen LogP contribution in [0.5, 0.6) is 0 Å². The zero-order chi connectivity index (χ0) is 18.8. The van der Waals surface area contributed by atoms with E-state index in [1.165, 1.54) is 4.31 Å². The van der Waals surface area contributed by atoms with Crippen LogP contribution in [-0.4, -0.2) is 36.0 Å². The number of halogens is 1. The molecule has 0 unspecified atom stereocenters. The van der Waals surface area contributed by atoms with Gasteiger partial charge < -0.3 is 4.52 Å². The van der Waals surface area contributed by atoms with E-state index in [2.05, 4.69) is 10.1 Å². The summed E-state index contributed by atoms with van der Waals surface area (Å²) in [5, 5.41) is 3.84. The summed E-state index contributed by atoms with van der Waals surface area (Å²) in [5.74, 6) is 0.729. The number of alkyl halides is 1. The van der Waals surface area contributed by atoms with Crippen molar-refractivity contribution in [2.45, 2.75) is 44.5 Å². The largest absolute Gasteiger partial charge is 0.336 e. The van der Waals surface area contributed by atoms with Gasteiger partial charge in [-0.05, 0) is 11.5 Å². The molecule has 1 aromatic carbocycles. The van der Waals surface area contributed by atoms with Crippen molar-refractivity contribution in [2.24, 2.45) is 5.92 Å². The lowest BCUT2D eigenvalue weighted by Gasteiger charge is -2.33. The summed E-state index contributed by atoms with van der Waals surface area (Å²) in [6.45, 7) is 4.26. The number of nitrogens with zero attached hydrogens (tertiary/aromatic N) is 3. The number of aromatic nitrogens is 2. The smallest absolute Gasteiger partial charge is 0.264 e. The van der Waals surface area contributed by atoms with E-state index in [0.29, 0.717) is 18.2 Å². The van der Waals surface area contributed by atoms with Crippen LogP contribution in [0, 0.1) is 5.92 Å². The molecule has 0 atom stereocenters. The van der Waals surface area contributed by atoms with Gasteiger partial charge >= 0.3 is 0 Å². The number of rotatable bonds is 6. The number of hydrogen-bond acceptors (Lipinski definition) is 5. The fraction of sp³-hybridized carbons (Fsp3) is 0.556. The lowest BCUT2D eigenvalue weighted by atomic mass is 9.94. The van der Waals surface area contributed by atoms with Crippen molar-refractivity contribution in [3.8, 4) is 0 Å². The van der Waals surface area contributed by atoms with E-state index in [1.54, 1.807) is 24.3 Å². The van der Waals surface area contributed by atoms with Crippen LogP contribution < -0.4 is 0 Å². The quantitative estimate of drug-likeness (QED) is 0.769. The van der Waals surface area contributed by atoms with Gasteiger partial charge in [0.1, 0.15) is 0 Å². The minimum atomic E-state index is -3.48. The fourth-order valence-corrected chi connectivity index (χ4v) is 4.63. The Bertz CT molecular complexity index is 828. The van der Waals surface area contributed by atoms with E-state index >= 15 is 4.39 Å². The van der Waals surface area contributed by atoms with Gasteiger partial charge in [-0.3, -0.25) is 0 Å². The Hall–Kier alpha value is -1.80. The Morgan fingerprint density at radius 3 is 2.50 bits per heavy atom. The molecule has 2 heterocycles. The van der Waals surface area contributed by atoms with E-state index in [4.69, 9.17) is 4.52 Å². The molecule has 1 aromatic heterocycles. The van der Waals surface area contributed by atoms with Crippen LogP contribution in [0.4, 0.5) is 4.39 Å². The molecule has 0 bridgehead atoms. The summed E-state index contributed by atoms with van der Waals surface area (Å²) in [4.78, 5) is 4.18. The van der Waals surface area contributed by atoms with Crippen molar-refractivity contribution in [2.75, 3.05) is 13.1 Å². The molecule has 8 heteroatoms. The summed E-state index contributed by atoms with van der Waals surface area (Å²) in [6.07, 6.45) is 0.659. The molecular weight excluding hydrogens is 357 g/mol. The minimum Gasteiger partial charge on any atom is -0.336 e. The standard InChI is InChI=1S/C18H24FN3O3S/c1-14(2)12-16-20-17(25-21-16)18(19)8-10-22(11-9-18)26(23,24)13-15-6-4-3-5-7-15/h3-7,14H,8-13H2,1-2H3. The molecule has 0 radical (unpaired) electrons. The van der Waals surface area contributed by atoms with Crippen molar-refractivity contribution in [3.05, 3.63) is 47.6 Å². The second-order valence-corrected chi connectivity index (χ2v) is 9.19. The minimum absolute atomic E-state index is 0.0182. The molecule has 1 saturated heterocycles. The number of hydrogen-bond donors (Lipinski definition) is 0. The van der Waals surface area contributed by atoms with Crippen LogP contribution in [0.3, 0.4) is 0 Å². The molecule has 2 aromatic rings. The topological polar surface area (TPSA) is 76.3 Å². The van der Waals surface area contributed by atoms with Crippen molar-refractivity contribution < 1.29 is 17.3 Å². The third-order valence-electron chi connectivity index (χ3n) is 4.54. The van der Waals surface area contributed by atoms with E-state index < -0.39 is 15.7 Å². The van der Waals surface area contributed by atoms with Gasteiger partial charge in [-0.1, -0.05) is 49.3 Å². The highest BCUT2D eigenvalue weighted by atomic mass is 32.2. The second kappa shape index (κ2) is 7.44. The predicted octanol–water partition coefficient (Wildman–Crippen LogP) is 3.06.